The molecule has 0 radical (unpaired) electrons. The van der Waals surface area contributed by atoms with Crippen molar-refractivity contribution in [2.75, 3.05) is 0 Å². The number of nitrogens with zero attached hydrogens (tertiary/aromatic N) is 4. The summed E-state index contributed by atoms with van der Waals surface area (Å²) in [7, 11) is 0. The van der Waals surface area contributed by atoms with Gasteiger partial charge in [-0.3, -0.25) is 4.98 Å². The highest BCUT2D eigenvalue weighted by Gasteiger charge is 2.21. The van der Waals surface area contributed by atoms with Crippen molar-refractivity contribution in [3.8, 4) is 5.75 Å². The Morgan fingerprint density at radius 3 is 3.05 bits per heavy atom. The molecule has 0 unspecified atom stereocenters. The Morgan fingerprint density at radius 1 is 1.38 bits per heavy atom. The fraction of sp³-hybridized carbons (Fsp3) is 0.533. The van der Waals surface area contributed by atoms with Gasteiger partial charge in [0.1, 0.15) is 11.6 Å². The molecule has 3 heterocycles. The molecular weight excluding hydrogens is 266 g/mol. The van der Waals surface area contributed by atoms with Gasteiger partial charge in [0.15, 0.2) is 5.82 Å². The van der Waals surface area contributed by atoms with Gasteiger partial charge in [0.25, 0.3) is 0 Å². The normalized spacial score (nSPS) is 17.7. The maximum absolute atomic E-state index is 9.83. The van der Waals surface area contributed by atoms with E-state index in [1.54, 1.807) is 6.07 Å². The molecule has 6 heteroatoms. The summed E-state index contributed by atoms with van der Waals surface area (Å²) in [6.45, 7) is 5.40. The van der Waals surface area contributed by atoms with E-state index in [1.807, 2.05) is 17.7 Å². The van der Waals surface area contributed by atoms with Crippen LogP contribution in [0.1, 0.15) is 36.4 Å². The van der Waals surface area contributed by atoms with E-state index in [-0.39, 0.29) is 5.75 Å². The predicted molar refractivity (Wildman–Crippen MR) is 79.0 cm³/mol. The average molecular weight is 287 g/mol. The molecule has 21 heavy (non-hydrogen) atoms. The first kappa shape index (κ1) is 14.0. The fourth-order valence-corrected chi connectivity index (χ4v) is 2.65. The number of fused-ring (bicyclic) bond motifs is 1. The van der Waals surface area contributed by atoms with Crippen LogP contribution in [0.5, 0.6) is 5.75 Å². The number of pyridine rings is 1. The standard InChI is InChI=1S/C15H21N5O/c1-3-14-18-15-7-5-11(9-20(15)19-14)16-8-12-13(21)6-4-10(2)17-12/h4,6,11,16,21H,3,5,7-9H2,1-2H3/t11-/m0/s1. The SMILES string of the molecule is CCc1nc2n(n1)C[C@@H](NCc1nc(C)ccc1O)CC2. The van der Waals surface area contributed by atoms with E-state index in [2.05, 4.69) is 27.3 Å². The molecule has 1 aliphatic rings. The number of aromatic nitrogens is 4. The first-order valence-corrected chi connectivity index (χ1v) is 7.47. The van der Waals surface area contributed by atoms with Crippen molar-refractivity contribution in [2.45, 2.75) is 52.2 Å². The van der Waals surface area contributed by atoms with Gasteiger partial charge in [-0.2, -0.15) is 5.10 Å². The number of aromatic hydroxyl groups is 1. The minimum Gasteiger partial charge on any atom is -0.506 e. The highest BCUT2D eigenvalue weighted by Crippen LogP contribution is 2.17. The number of hydrogen-bond donors (Lipinski definition) is 2. The molecular formula is C15H21N5O. The van der Waals surface area contributed by atoms with Gasteiger partial charge in [-0.15, -0.1) is 0 Å². The zero-order valence-electron chi connectivity index (χ0n) is 12.5. The molecule has 0 bridgehead atoms. The molecule has 0 fully saturated rings. The molecule has 0 aromatic carbocycles. The van der Waals surface area contributed by atoms with Gasteiger partial charge in [0.2, 0.25) is 0 Å². The van der Waals surface area contributed by atoms with Crippen LogP contribution in [0.2, 0.25) is 0 Å². The van der Waals surface area contributed by atoms with Crippen molar-refractivity contribution in [2.24, 2.45) is 0 Å². The van der Waals surface area contributed by atoms with Gasteiger partial charge >= 0.3 is 0 Å². The zero-order valence-corrected chi connectivity index (χ0v) is 12.5. The molecule has 0 saturated heterocycles. The number of aryl methyl sites for hydroxylation is 3. The lowest BCUT2D eigenvalue weighted by Gasteiger charge is -2.23. The lowest BCUT2D eigenvalue weighted by Crippen LogP contribution is -2.37. The van der Waals surface area contributed by atoms with Gasteiger partial charge < -0.3 is 10.4 Å². The monoisotopic (exact) mass is 287 g/mol. The number of nitrogens with one attached hydrogen (secondary N) is 1. The Labute approximate surface area is 124 Å². The Balaban J connectivity index is 1.63. The smallest absolute Gasteiger partial charge is 0.150 e. The van der Waals surface area contributed by atoms with Crippen molar-refractivity contribution in [3.63, 3.8) is 0 Å². The summed E-state index contributed by atoms with van der Waals surface area (Å²) in [5.41, 5.74) is 1.62. The van der Waals surface area contributed by atoms with Crippen LogP contribution in [0.25, 0.3) is 0 Å². The minimum absolute atomic E-state index is 0.249. The van der Waals surface area contributed by atoms with Crippen LogP contribution in [-0.4, -0.2) is 30.9 Å². The Hall–Kier alpha value is -1.95. The van der Waals surface area contributed by atoms with Crippen LogP contribution in [0.3, 0.4) is 0 Å². The molecule has 0 amide bonds. The summed E-state index contributed by atoms with van der Waals surface area (Å²) in [4.78, 5) is 8.89. The molecule has 0 spiro atoms. The van der Waals surface area contributed by atoms with Crippen molar-refractivity contribution in [1.29, 1.82) is 0 Å². The molecule has 2 aromatic rings. The molecule has 1 atom stereocenters. The van der Waals surface area contributed by atoms with Crippen molar-refractivity contribution in [1.82, 2.24) is 25.1 Å². The van der Waals surface area contributed by atoms with Crippen molar-refractivity contribution >= 4 is 0 Å². The summed E-state index contributed by atoms with van der Waals surface area (Å²) in [5, 5.41) is 17.8. The van der Waals surface area contributed by atoms with E-state index in [0.717, 1.165) is 43.1 Å². The second kappa shape index (κ2) is 5.81. The first-order chi connectivity index (χ1) is 10.2. The highest BCUT2D eigenvalue weighted by atomic mass is 16.3. The summed E-state index contributed by atoms with van der Waals surface area (Å²) < 4.78 is 2.00. The summed E-state index contributed by atoms with van der Waals surface area (Å²) in [6.07, 6.45) is 2.85. The molecule has 112 valence electrons. The van der Waals surface area contributed by atoms with Crippen LogP contribution in [-0.2, 0) is 25.9 Å². The molecule has 2 N–H and O–H groups in total. The van der Waals surface area contributed by atoms with Crippen LogP contribution < -0.4 is 5.32 Å². The van der Waals surface area contributed by atoms with E-state index >= 15 is 0 Å². The largest absolute Gasteiger partial charge is 0.506 e. The Bertz CT molecular complexity index is 637. The highest BCUT2D eigenvalue weighted by molar-refractivity contribution is 5.27. The van der Waals surface area contributed by atoms with Gasteiger partial charge in [0, 0.05) is 31.1 Å². The van der Waals surface area contributed by atoms with Crippen LogP contribution in [0.4, 0.5) is 0 Å². The topological polar surface area (TPSA) is 75.9 Å². The average Bonchev–Trinajstić information content (AvgIpc) is 2.90. The van der Waals surface area contributed by atoms with Crippen LogP contribution >= 0.6 is 0 Å². The van der Waals surface area contributed by atoms with E-state index in [0.29, 0.717) is 18.3 Å². The maximum Gasteiger partial charge on any atom is 0.150 e. The molecule has 2 aromatic heterocycles. The van der Waals surface area contributed by atoms with Crippen LogP contribution in [0.15, 0.2) is 12.1 Å². The molecule has 3 rings (SSSR count). The third-order valence-corrected chi connectivity index (χ3v) is 3.87. The summed E-state index contributed by atoms with van der Waals surface area (Å²) >= 11 is 0. The molecule has 1 aliphatic heterocycles. The van der Waals surface area contributed by atoms with Crippen LogP contribution in [0, 0.1) is 6.92 Å². The molecule has 6 nitrogen and oxygen atoms in total. The quantitative estimate of drug-likeness (QED) is 0.888. The first-order valence-electron chi connectivity index (χ1n) is 7.47. The van der Waals surface area contributed by atoms with E-state index < -0.39 is 0 Å². The third-order valence-electron chi connectivity index (χ3n) is 3.87. The van der Waals surface area contributed by atoms with E-state index in [9.17, 15) is 5.11 Å². The lowest BCUT2D eigenvalue weighted by molar-refractivity contribution is 0.353. The summed E-state index contributed by atoms with van der Waals surface area (Å²) in [6, 6.07) is 3.85. The molecule has 0 aliphatic carbocycles. The lowest BCUT2D eigenvalue weighted by atomic mass is 10.1. The number of hydrogen-bond acceptors (Lipinski definition) is 5. The van der Waals surface area contributed by atoms with Gasteiger partial charge in [-0.05, 0) is 25.5 Å². The second-order valence-corrected chi connectivity index (χ2v) is 5.51. The van der Waals surface area contributed by atoms with Gasteiger partial charge in [0.05, 0.1) is 12.2 Å². The van der Waals surface area contributed by atoms with Crippen molar-refractivity contribution in [3.05, 3.63) is 35.2 Å². The third kappa shape index (κ3) is 3.05. The fourth-order valence-electron chi connectivity index (χ4n) is 2.65. The Kier molecular flexibility index (Phi) is 3.88. The minimum atomic E-state index is 0.249. The summed E-state index contributed by atoms with van der Waals surface area (Å²) in [5.74, 6) is 2.25. The van der Waals surface area contributed by atoms with Crippen molar-refractivity contribution < 1.29 is 5.11 Å². The Morgan fingerprint density at radius 2 is 2.24 bits per heavy atom. The van der Waals surface area contributed by atoms with Gasteiger partial charge in [-0.1, -0.05) is 6.92 Å². The van der Waals surface area contributed by atoms with E-state index in [4.69, 9.17) is 0 Å². The van der Waals surface area contributed by atoms with Gasteiger partial charge in [-0.25, -0.2) is 9.67 Å². The number of rotatable bonds is 4. The predicted octanol–water partition coefficient (Wildman–Crippen LogP) is 1.35. The van der Waals surface area contributed by atoms with E-state index in [1.165, 1.54) is 0 Å². The maximum atomic E-state index is 9.83. The molecule has 0 saturated carbocycles. The second-order valence-electron chi connectivity index (χ2n) is 5.51. The zero-order chi connectivity index (χ0) is 14.8.